The van der Waals surface area contributed by atoms with Gasteiger partial charge in [-0.25, -0.2) is 0 Å². The number of rotatable bonds is 6. The van der Waals surface area contributed by atoms with Crippen molar-refractivity contribution in [3.63, 3.8) is 0 Å². The Morgan fingerprint density at radius 2 is 1.88 bits per heavy atom. The molecule has 0 N–H and O–H groups in total. The second-order valence-corrected chi connectivity index (χ2v) is 8.88. The fraction of sp³-hybridized carbons (Fsp3) is 0.632. The average molecular weight is 352 g/mol. The Kier molecular flexibility index (Phi) is 7.14. The van der Waals surface area contributed by atoms with Gasteiger partial charge in [0.05, 0.1) is 25.9 Å². The lowest BCUT2D eigenvalue weighted by Crippen LogP contribution is -2.46. The van der Waals surface area contributed by atoms with Crippen LogP contribution in [0.25, 0.3) is 0 Å². The third-order valence-electron chi connectivity index (χ3n) is 3.87. The molecule has 1 heterocycles. The summed E-state index contributed by atoms with van der Waals surface area (Å²) in [7, 11) is 0. The molecule has 5 heteroatoms. The number of nitrogens with zero attached hydrogens (tertiary/aromatic N) is 1. The molecule has 4 nitrogen and oxygen atoms in total. The summed E-state index contributed by atoms with van der Waals surface area (Å²) in [5, 5.41) is -0.259. The molecule has 1 aromatic carbocycles. The highest BCUT2D eigenvalue weighted by Crippen LogP contribution is 2.39. The van der Waals surface area contributed by atoms with Crippen molar-refractivity contribution in [3.8, 4) is 0 Å². The van der Waals surface area contributed by atoms with Crippen molar-refractivity contribution in [2.24, 2.45) is 0 Å². The molecule has 2 atom stereocenters. The maximum absolute atomic E-state index is 12.8. The summed E-state index contributed by atoms with van der Waals surface area (Å²) < 4.78 is 10.9. The molecule has 1 aliphatic rings. The summed E-state index contributed by atoms with van der Waals surface area (Å²) in [6, 6.07) is 10.3. The van der Waals surface area contributed by atoms with Gasteiger partial charge in [-0.1, -0.05) is 51.1 Å². The molecule has 2 rings (SSSR count). The SMILES string of the molecule is CCOC(=O)[C@@H](SC(C)(C)C)[C@@H](c1ccccc1)N1CCOCC1. The highest BCUT2D eigenvalue weighted by Gasteiger charge is 2.38. The van der Waals surface area contributed by atoms with Gasteiger partial charge in [0, 0.05) is 17.8 Å². The first-order chi connectivity index (χ1) is 11.4. The van der Waals surface area contributed by atoms with Crippen LogP contribution < -0.4 is 0 Å². The third kappa shape index (κ3) is 5.50. The number of hydrogen-bond donors (Lipinski definition) is 0. The van der Waals surface area contributed by atoms with Crippen LogP contribution in [0, 0.1) is 0 Å². The second kappa shape index (κ2) is 8.88. The molecule has 0 radical (unpaired) electrons. The lowest BCUT2D eigenvalue weighted by Gasteiger charge is -2.39. The van der Waals surface area contributed by atoms with Crippen LogP contribution in [-0.2, 0) is 14.3 Å². The van der Waals surface area contributed by atoms with Crippen LogP contribution in [0.3, 0.4) is 0 Å². The molecule has 0 amide bonds. The summed E-state index contributed by atoms with van der Waals surface area (Å²) in [5.41, 5.74) is 1.16. The van der Waals surface area contributed by atoms with Gasteiger partial charge in [0.2, 0.25) is 0 Å². The lowest BCUT2D eigenvalue weighted by molar-refractivity contribution is -0.144. The topological polar surface area (TPSA) is 38.8 Å². The number of thioether (sulfide) groups is 1. The monoisotopic (exact) mass is 351 g/mol. The Morgan fingerprint density at radius 3 is 2.42 bits per heavy atom. The van der Waals surface area contributed by atoms with E-state index in [1.54, 1.807) is 11.8 Å². The van der Waals surface area contributed by atoms with Gasteiger partial charge in [-0.05, 0) is 12.5 Å². The lowest BCUT2D eigenvalue weighted by atomic mass is 10.0. The number of esters is 1. The van der Waals surface area contributed by atoms with E-state index in [1.165, 1.54) is 0 Å². The minimum atomic E-state index is -0.259. The van der Waals surface area contributed by atoms with Gasteiger partial charge in [0.1, 0.15) is 5.25 Å². The first-order valence-corrected chi connectivity index (χ1v) is 9.51. The van der Waals surface area contributed by atoms with E-state index in [-0.39, 0.29) is 22.0 Å². The van der Waals surface area contributed by atoms with Crippen LogP contribution >= 0.6 is 11.8 Å². The highest BCUT2D eigenvalue weighted by atomic mass is 32.2. The number of benzene rings is 1. The molecule has 0 aliphatic carbocycles. The van der Waals surface area contributed by atoms with Crippen molar-refractivity contribution in [3.05, 3.63) is 35.9 Å². The first kappa shape index (κ1) is 19.3. The summed E-state index contributed by atoms with van der Waals surface area (Å²) in [4.78, 5) is 15.1. The summed E-state index contributed by atoms with van der Waals surface area (Å²) >= 11 is 1.69. The average Bonchev–Trinajstić information content (AvgIpc) is 2.55. The minimum absolute atomic E-state index is 0.00150. The van der Waals surface area contributed by atoms with E-state index in [0.29, 0.717) is 19.8 Å². The van der Waals surface area contributed by atoms with E-state index in [1.807, 2.05) is 25.1 Å². The van der Waals surface area contributed by atoms with Crippen molar-refractivity contribution in [1.82, 2.24) is 4.90 Å². The fourth-order valence-electron chi connectivity index (χ4n) is 2.93. The Balaban J connectivity index is 2.37. The zero-order valence-corrected chi connectivity index (χ0v) is 16.0. The molecular formula is C19H29NO3S. The van der Waals surface area contributed by atoms with Crippen molar-refractivity contribution in [2.75, 3.05) is 32.9 Å². The van der Waals surface area contributed by atoms with E-state index in [0.717, 1.165) is 18.7 Å². The van der Waals surface area contributed by atoms with Crippen molar-refractivity contribution in [2.45, 2.75) is 43.7 Å². The second-order valence-electron chi connectivity index (χ2n) is 6.91. The standard InChI is InChI=1S/C19H29NO3S/c1-5-23-18(21)17(24-19(2,3)4)16(15-9-7-6-8-10-15)20-11-13-22-14-12-20/h6-10,16-17H,5,11-14H2,1-4H3/t16-,17+/m1/s1. The predicted molar refractivity (Wildman–Crippen MR) is 99.3 cm³/mol. The van der Waals surface area contributed by atoms with E-state index in [4.69, 9.17) is 9.47 Å². The van der Waals surface area contributed by atoms with Crippen LogP contribution in [0.2, 0.25) is 0 Å². The van der Waals surface area contributed by atoms with Gasteiger partial charge in [-0.2, -0.15) is 0 Å². The van der Waals surface area contributed by atoms with E-state index < -0.39 is 0 Å². The Morgan fingerprint density at radius 1 is 1.25 bits per heavy atom. The maximum Gasteiger partial charge on any atom is 0.321 e. The molecule has 0 saturated carbocycles. The molecular weight excluding hydrogens is 322 g/mol. The van der Waals surface area contributed by atoms with Gasteiger partial charge in [0.15, 0.2) is 0 Å². The minimum Gasteiger partial charge on any atom is -0.465 e. The third-order valence-corrected chi connectivity index (χ3v) is 5.28. The molecule has 0 aromatic heterocycles. The molecule has 134 valence electrons. The molecule has 0 unspecified atom stereocenters. The van der Waals surface area contributed by atoms with Crippen molar-refractivity contribution >= 4 is 17.7 Å². The first-order valence-electron chi connectivity index (χ1n) is 8.63. The van der Waals surface area contributed by atoms with Gasteiger partial charge < -0.3 is 9.47 Å². The zero-order valence-electron chi connectivity index (χ0n) is 15.2. The van der Waals surface area contributed by atoms with Crippen LogP contribution in [0.15, 0.2) is 30.3 Å². The van der Waals surface area contributed by atoms with E-state index in [2.05, 4.69) is 37.8 Å². The Hall–Kier alpha value is -1.04. The molecule has 1 fully saturated rings. The quantitative estimate of drug-likeness (QED) is 0.733. The normalized spacial score (nSPS) is 18.8. The number of carbonyl (C=O) groups excluding carboxylic acids is 1. The summed E-state index contributed by atoms with van der Waals surface area (Å²) in [6.07, 6.45) is 0. The Labute approximate surface area is 149 Å². The number of carbonyl (C=O) groups is 1. The molecule has 1 saturated heterocycles. The van der Waals surface area contributed by atoms with Gasteiger partial charge in [0.25, 0.3) is 0 Å². The molecule has 1 aromatic rings. The molecule has 0 spiro atoms. The summed E-state index contributed by atoms with van der Waals surface area (Å²) in [6.45, 7) is 11.8. The summed E-state index contributed by atoms with van der Waals surface area (Å²) in [5.74, 6) is -0.127. The van der Waals surface area contributed by atoms with E-state index in [9.17, 15) is 4.79 Å². The fourth-order valence-corrected chi connectivity index (χ4v) is 4.31. The van der Waals surface area contributed by atoms with Crippen molar-refractivity contribution < 1.29 is 14.3 Å². The Bertz CT molecular complexity index is 509. The van der Waals surface area contributed by atoms with Crippen LogP contribution in [-0.4, -0.2) is 53.8 Å². The van der Waals surface area contributed by atoms with E-state index >= 15 is 0 Å². The molecule has 24 heavy (non-hydrogen) atoms. The van der Waals surface area contributed by atoms with Crippen molar-refractivity contribution in [1.29, 1.82) is 0 Å². The zero-order chi connectivity index (χ0) is 17.6. The molecule has 0 bridgehead atoms. The van der Waals surface area contributed by atoms with Crippen LogP contribution in [0.4, 0.5) is 0 Å². The maximum atomic E-state index is 12.8. The van der Waals surface area contributed by atoms with Crippen LogP contribution in [0.5, 0.6) is 0 Å². The van der Waals surface area contributed by atoms with Gasteiger partial charge >= 0.3 is 5.97 Å². The smallest absolute Gasteiger partial charge is 0.321 e. The predicted octanol–water partition coefficient (Wildman–Crippen LogP) is 3.52. The van der Waals surface area contributed by atoms with Gasteiger partial charge in [-0.3, -0.25) is 9.69 Å². The number of ether oxygens (including phenoxy) is 2. The van der Waals surface area contributed by atoms with Gasteiger partial charge in [-0.15, -0.1) is 11.8 Å². The largest absolute Gasteiger partial charge is 0.465 e. The van der Waals surface area contributed by atoms with Crippen LogP contribution in [0.1, 0.15) is 39.3 Å². The number of hydrogen-bond acceptors (Lipinski definition) is 5. The highest BCUT2D eigenvalue weighted by molar-refractivity contribution is 8.01. The number of morpholine rings is 1. The molecule has 1 aliphatic heterocycles.